The van der Waals surface area contributed by atoms with Crippen LogP contribution in [0.25, 0.3) is 0 Å². The Morgan fingerprint density at radius 2 is 2.05 bits per heavy atom. The zero-order valence-corrected chi connectivity index (χ0v) is 14.6. The van der Waals surface area contributed by atoms with E-state index in [9.17, 15) is 0 Å². The van der Waals surface area contributed by atoms with Crippen molar-refractivity contribution in [3.63, 3.8) is 0 Å². The van der Waals surface area contributed by atoms with Crippen molar-refractivity contribution in [3.8, 4) is 0 Å². The Bertz CT molecular complexity index is 598. The number of rotatable bonds is 5. The highest BCUT2D eigenvalue weighted by molar-refractivity contribution is 7.10. The third-order valence-corrected chi connectivity index (χ3v) is 5.07. The summed E-state index contributed by atoms with van der Waals surface area (Å²) < 4.78 is 0. The minimum absolute atomic E-state index is 0.481. The van der Waals surface area contributed by atoms with Crippen molar-refractivity contribution in [1.29, 1.82) is 0 Å². The fourth-order valence-electron chi connectivity index (χ4n) is 1.80. The van der Waals surface area contributed by atoms with Crippen molar-refractivity contribution in [1.82, 2.24) is 15.6 Å². The molecule has 2 aromatic heterocycles. The summed E-state index contributed by atoms with van der Waals surface area (Å²) in [6.07, 6.45) is 0. The van der Waals surface area contributed by atoms with Crippen LogP contribution in [0.4, 0.5) is 0 Å². The third-order valence-electron chi connectivity index (χ3n) is 3.18. The molecule has 2 heterocycles. The first-order valence-electron chi connectivity index (χ1n) is 7.02. The van der Waals surface area contributed by atoms with Crippen molar-refractivity contribution >= 4 is 28.6 Å². The van der Waals surface area contributed by atoms with Gasteiger partial charge in [0, 0.05) is 17.3 Å². The van der Waals surface area contributed by atoms with Crippen LogP contribution >= 0.6 is 22.7 Å². The average Bonchev–Trinajstić information content (AvgIpc) is 3.08. The molecular weight excluding hydrogens is 300 g/mol. The van der Waals surface area contributed by atoms with Crippen LogP contribution in [-0.2, 0) is 13.1 Å². The highest BCUT2D eigenvalue weighted by Crippen LogP contribution is 2.17. The predicted molar refractivity (Wildman–Crippen MR) is 92.3 cm³/mol. The molecule has 0 aliphatic rings. The highest BCUT2D eigenvalue weighted by Gasteiger charge is 2.07. The minimum Gasteiger partial charge on any atom is -0.352 e. The van der Waals surface area contributed by atoms with Gasteiger partial charge in [-0.15, -0.1) is 22.7 Å². The highest BCUT2D eigenvalue weighted by atomic mass is 32.1. The lowest BCUT2D eigenvalue weighted by molar-refractivity contribution is 0.787. The molecule has 0 bridgehead atoms. The van der Waals surface area contributed by atoms with Crippen LogP contribution < -0.4 is 10.6 Å². The first-order valence-corrected chi connectivity index (χ1v) is 8.78. The van der Waals surface area contributed by atoms with Crippen molar-refractivity contribution in [2.45, 2.75) is 39.8 Å². The number of hydrogen-bond donors (Lipinski definition) is 2. The van der Waals surface area contributed by atoms with Gasteiger partial charge in [-0.1, -0.05) is 13.8 Å². The van der Waals surface area contributed by atoms with Gasteiger partial charge in [-0.25, -0.2) is 4.98 Å². The molecule has 0 unspecified atom stereocenters. The van der Waals surface area contributed by atoms with Crippen LogP contribution in [0, 0.1) is 6.92 Å². The molecule has 4 nitrogen and oxygen atoms in total. The monoisotopic (exact) mass is 322 g/mol. The fraction of sp³-hybridized carbons (Fsp3) is 0.467. The van der Waals surface area contributed by atoms with Crippen LogP contribution in [0.2, 0.25) is 0 Å². The summed E-state index contributed by atoms with van der Waals surface area (Å²) in [7, 11) is 1.79. The maximum atomic E-state index is 4.62. The molecule has 21 heavy (non-hydrogen) atoms. The van der Waals surface area contributed by atoms with Crippen LogP contribution in [-0.4, -0.2) is 18.0 Å². The second-order valence-electron chi connectivity index (χ2n) is 5.13. The molecule has 114 valence electrons. The van der Waals surface area contributed by atoms with E-state index in [4.69, 9.17) is 0 Å². The normalized spacial score (nSPS) is 12.0. The van der Waals surface area contributed by atoms with Gasteiger partial charge in [0.1, 0.15) is 5.01 Å². The first-order chi connectivity index (χ1) is 10.1. The third kappa shape index (κ3) is 4.54. The van der Waals surface area contributed by atoms with E-state index in [1.54, 1.807) is 29.7 Å². The van der Waals surface area contributed by atoms with Crippen molar-refractivity contribution in [2.75, 3.05) is 7.05 Å². The number of aliphatic imine (C=N–C) groups is 1. The maximum Gasteiger partial charge on any atom is 0.191 e. The molecule has 0 aliphatic carbocycles. The smallest absolute Gasteiger partial charge is 0.191 e. The second kappa shape index (κ2) is 7.56. The quantitative estimate of drug-likeness (QED) is 0.654. The molecule has 0 atom stereocenters. The molecule has 2 rings (SSSR count). The Morgan fingerprint density at radius 3 is 2.62 bits per heavy atom. The van der Waals surface area contributed by atoms with E-state index in [-0.39, 0.29) is 0 Å². The van der Waals surface area contributed by atoms with Crippen LogP contribution in [0.1, 0.15) is 40.9 Å². The maximum absolute atomic E-state index is 4.62. The lowest BCUT2D eigenvalue weighted by Crippen LogP contribution is -2.36. The zero-order chi connectivity index (χ0) is 15.2. The molecule has 0 saturated carbocycles. The van der Waals surface area contributed by atoms with Gasteiger partial charge < -0.3 is 10.6 Å². The van der Waals surface area contributed by atoms with Gasteiger partial charge in [0.05, 0.1) is 18.8 Å². The molecule has 0 fully saturated rings. The average molecular weight is 323 g/mol. The molecule has 0 aliphatic heterocycles. The van der Waals surface area contributed by atoms with Gasteiger partial charge in [-0.3, -0.25) is 4.99 Å². The predicted octanol–water partition coefficient (Wildman–Crippen LogP) is 3.50. The fourth-order valence-corrected chi connectivity index (χ4v) is 3.54. The second-order valence-corrected chi connectivity index (χ2v) is 7.07. The first kappa shape index (κ1) is 16.0. The molecule has 0 aromatic carbocycles. The molecule has 0 saturated heterocycles. The largest absolute Gasteiger partial charge is 0.352 e. The van der Waals surface area contributed by atoms with Crippen LogP contribution in [0.15, 0.2) is 21.8 Å². The molecule has 0 spiro atoms. The molecular formula is C15H22N4S2. The molecule has 6 heteroatoms. The van der Waals surface area contributed by atoms with E-state index in [1.807, 2.05) is 0 Å². The van der Waals surface area contributed by atoms with Gasteiger partial charge in [-0.05, 0) is 29.9 Å². The Kier molecular flexibility index (Phi) is 5.76. The summed E-state index contributed by atoms with van der Waals surface area (Å²) in [5.41, 5.74) is 2.48. The standard InChI is InChI=1S/C15H22N4S2/c1-10(2)12-9-21-14(19-12)8-18-15(16-4)17-7-13-11(3)5-6-20-13/h5-6,9-10H,7-8H2,1-4H3,(H2,16,17,18). The number of aromatic nitrogens is 1. The van der Waals surface area contributed by atoms with Gasteiger partial charge in [0.2, 0.25) is 0 Å². The summed E-state index contributed by atoms with van der Waals surface area (Å²) in [6, 6.07) is 2.14. The van der Waals surface area contributed by atoms with E-state index in [1.165, 1.54) is 10.4 Å². The molecule has 0 amide bonds. The number of thiazole rings is 1. The van der Waals surface area contributed by atoms with E-state index in [0.29, 0.717) is 12.5 Å². The lowest BCUT2D eigenvalue weighted by atomic mass is 10.2. The number of thiophene rings is 1. The molecule has 0 radical (unpaired) electrons. The summed E-state index contributed by atoms with van der Waals surface area (Å²) in [4.78, 5) is 10.2. The van der Waals surface area contributed by atoms with Crippen molar-refractivity contribution < 1.29 is 0 Å². The molecule has 2 N–H and O–H groups in total. The van der Waals surface area contributed by atoms with E-state index >= 15 is 0 Å². The SMILES string of the molecule is CN=C(NCc1nc(C(C)C)cs1)NCc1sccc1C. The van der Waals surface area contributed by atoms with Gasteiger partial charge in [0.15, 0.2) is 5.96 Å². The summed E-state index contributed by atoms with van der Waals surface area (Å²) in [5, 5.41) is 12.0. The number of hydrogen-bond acceptors (Lipinski definition) is 4. The Balaban J connectivity index is 1.83. The Labute approximate surface area is 134 Å². The Morgan fingerprint density at radius 1 is 1.29 bits per heavy atom. The van der Waals surface area contributed by atoms with E-state index in [2.05, 4.69) is 58.2 Å². The molecule has 2 aromatic rings. The lowest BCUT2D eigenvalue weighted by Gasteiger charge is -2.10. The summed E-state index contributed by atoms with van der Waals surface area (Å²) in [6.45, 7) is 7.97. The van der Waals surface area contributed by atoms with Crippen molar-refractivity contribution in [3.05, 3.63) is 38.0 Å². The van der Waals surface area contributed by atoms with Gasteiger partial charge >= 0.3 is 0 Å². The van der Waals surface area contributed by atoms with E-state index < -0.39 is 0 Å². The van der Waals surface area contributed by atoms with Crippen LogP contribution in [0.3, 0.4) is 0 Å². The van der Waals surface area contributed by atoms with Crippen molar-refractivity contribution in [2.24, 2.45) is 4.99 Å². The van der Waals surface area contributed by atoms with Gasteiger partial charge in [-0.2, -0.15) is 0 Å². The zero-order valence-electron chi connectivity index (χ0n) is 12.9. The summed E-state index contributed by atoms with van der Waals surface area (Å²) >= 11 is 3.46. The number of aryl methyl sites for hydroxylation is 1. The van der Waals surface area contributed by atoms with Crippen LogP contribution in [0.5, 0.6) is 0 Å². The number of guanidine groups is 1. The topological polar surface area (TPSA) is 49.3 Å². The summed E-state index contributed by atoms with van der Waals surface area (Å²) in [5.74, 6) is 1.29. The van der Waals surface area contributed by atoms with E-state index in [0.717, 1.165) is 23.2 Å². The number of nitrogens with one attached hydrogen (secondary N) is 2. The Hall–Kier alpha value is -1.40. The number of nitrogens with zero attached hydrogens (tertiary/aromatic N) is 2. The van der Waals surface area contributed by atoms with Gasteiger partial charge in [0.25, 0.3) is 0 Å². The minimum atomic E-state index is 0.481.